The molecule has 0 aliphatic carbocycles. The van der Waals surface area contributed by atoms with Crippen molar-refractivity contribution < 1.29 is 13.9 Å². The Morgan fingerprint density at radius 3 is 2.61 bits per heavy atom. The van der Waals surface area contributed by atoms with Crippen molar-refractivity contribution in [3.8, 4) is 5.69 Å². The topological polar surface area (TPSA) is 53.8 Å². The number of methoxy groups -OCH3 is 1. The van der Waals surface area contributed by atoms with Gasteiger partial charge in [0.1, 0.15) is 11.6 Å². The predicted octanol–water partition coefficient (Wildman–Crippen LogP) is 3.48. The molecule has 1 saturated heterocycles. The molecule has 1 aromatic heterocycles. The van der Waals surface area contributed by atoms with Gasteiger partial charge in [0.05, 0.1) is 17.9 Å². The first-order valence-electron chi connectivity index (χ1n) is 11.8. The fourth-order valence-corrected chi connectivity index (χ4v) is 4.22. The second-order valence-electron chi connectivity index (χ2n) is 9.33. The highest BCUT2D eigenvalue weighted by Crippen LogP contribution is 2.30. The minimum atomic E-state index is -0.292. The highest BCUT2D eigenvalue weighted by Gasteiger charge is 2.27. The average Bonchev–Trinajstić information content (AvgIpc) is 3.09. The number of aryl methyl sites for hydroxylation is 1. The van der Waals surface area contributed by atoms with E-state index in [0.717, 1.165) is 49.7 Å². The summed E-state index contributed by atoms with van der Waals surface area (Å²) >= 11 is 0. The third-order valence-electron chi connectivity index (χ3n) is 6.07. The maximum absolute atomic E-state index is 14.1. The fourth-order valence-electron chi connectivity index (χ4n) is 4.22. The number of rotatable bonds is 10. The summed E-state index contributed by atoms with van der Waals surface area (Å²) in [7, 11) is 3.80. The molecule has 0 unspecified atom stereocenters. The van der Waals surface area contributed by atoms with Crippen molar-refractivity contribution in [2.75, 3.05) is 58.4 Å². The first-order chi connectivity index (χ1) is 15.8. The van der Waals surface area contributed by atoms with Crippen LogP contribution in [0.4, 0.5) is 10.2 Å². The van der Waals surface area contributed by atoms with Crippen molar-refractivity contribution in [3.05, 3.63) is 41.3 Å². The number of aromatic nitrogens is 2. The summed E-state index contributed by atoms with van der Waals surface area (Å²) in [5.74, 6) is 1.10. The summed E-state index contributed by atoms with van der Waals surface area (Å²) in [6, 6.07) is 6.53. The molecule has 1 aliphatic heterocycles. The van der Waals surface area contributed by atoms with Gasteiger partial charge in [0.25, 0.3) is 0 Å². The van der Waals surface area contributed by atoms with Gasteiger partial charge in [0.2, 0.25) is 5.91 Å². The number of hydrogen-bond donors (Lipinski definition) is 0. The van der Waals surface area contributed by atoms with Crippen molar-refractivity contribution in [2.45, 2.75) is 40.2 Å². The molecule has 0 atom stereocenters. The van der Waals surface area contributed by atoms with Crippen molar-refractivity contribution in [1.29, 1.82) is 0 Å². The molecule has 3 rings (SSSR count). The normalized spacial score (nSPS) is 14.8. The number of carbonyl (C=O) groups is 1. The number of benzene rings is 1. The Morgan fingerprint density at radius 1 is 1.24 bits per heavy atom. The monoisotopic (exact) mass is 459 g/mol. The van der Waals surface area contributed by atoms with E-state index in [-0.39, 0.29) is 17.6 Å². The molecule has 0 spiro atoms. The van der Waals surface area contributed by atoms with Gasteiger partial charge in [-0.25, -0.2) is 9.07 Å². The summed E-state index contributed by atoms with van der Waals surface area (Å²) in [5, 5.41) is 4.82. The standard InChI is InChI=1S/C25H38FN5O2/c1-19(2)16-24(32)30(10-7-15-33-5)18-23-20(3)27-31(22-9-6-8-21(26)17-22)25(23)29-13-11-28(4)12-14-29/h6,8-9,17,19H,7,10-16,18H2,1-5H3. The summed E-state index contributed by atoms with van der Waals surface area (Å²) in [5.41, 5.74) is 2.58. The molecule has 0 N–H and O–H groups in total. The maximum atomic E-state index is 14.1. The van der Waals surface area contributed by atoms with Crippen LogP contribution in [0.1, 0.15) is 37.9 Å². The van der Waals surface area contributed by atoms with Gasteiger partial charge < -0.3 is 19.4 Å². The second-order valence-corrected chi connectivity index (χ2v) is 9.33. The van der Waals surface area contributed by atoms with Gasteiger partial charge >= 0.3 is 0 Å². The van der Waals surface area contributed by atoms with Gasteiger partial charge in [-0.1, -0.05) is 19.9 Å². The van der Waals surface area contributed by atoms with Crippen molar-refractivity contribution >= 4 is 11.7 Å². The lowest BCUT2D eigenvalue weighted by atomic mass is 10.1. The van der Waals surface area contributed by atoms with Crippen LogP contribution in [0.15, 0.2) is 24.3 Å². The number of nitrogens with zero attached hydrogens (tertiary/aromatic N) is 5. The van der Waals surface area contributed by atoms with E-state index in [9.17, 15) is 9.18 Å². The molecule has 0 radical (unpaired) electrons. The van der Waals surface area contributed by atoms with Crippen LogP contribution < -0.4 is 4.90 Å². The highest BCUT2D eigenvalue weighted by atomic mass is 19.1. The van der Waals surface area contributed by atoms with E-state index in [1.165, 1.54) is 12.1 Å². The van der Waals surface area contributed by atoms with E-state index >= 15 is 0 Å². The van der Waals surface area contributed by atoms with Gasteiger partial charge in [-0.2, -0.15) is 5.10 Å². The molecule has 1 aromatic carbocycles. The number of piperazine rings is 1. The Kier molecular flexibility index (Phi) is 8.86. The zero-order valence-corrected chi connectivity index (χ0v) is 20.7. The minimum absolute atomic E-state index is 0.142. The number of halogens is 1. The van der Waals surface area contributed by atoms with E-state index in [1.54, 1.807) is 13.2 Å². The molecular formula is C25H38FN5O2. The smallest absolute Gasteiger partial charge is 0.223 e. The third-order valence-corrected chi connectivity index (χ3v) is 6.07. The molecule has 8 heteroatoms. The first kappa shape index (κ1) is 25.2. The van der Waals surface area contributed by atoms with Crippen molar-refractivity contribution in [3.63, 3.8) is 0 Å². The Morgan fingerprint density at radius 2 is 1.97 bits per heavy atom. The van der Waals surface area contributed by atoms with E-state index in [4.69, 9.17) is 9.84 Å². The van der Waals surface area contributed by atoms with Gasteiger partial charge in [-0.15, -0.1) is 0 Å². The molecule has 7 nitrogen and oxygen atoms in total. The molecule has 1 fully saturated rings. The van der Waals surface area contributed by atoms with Crippen LogP contribution in [0.5, 0.6) is 0 Å². The average molecular weight is 460 g/mol. The molecule has 1 amide bonds. The van der Waals surface area contributed by atoms with Gasteiger partial charge in [0.15, 0.2) is 0 Å². The van der Waals surface area contributed by atoms with E-state index < -0.39 is 0 Å². The number of anilines is 1. The number of hydrogen-bond acceptors (Lipinski definition) is 5. The van der Waals surface area contributed by atoms with Crippen LogP contribution in [0, 0.1) is 18.7 Å². The molecule has 2 heterocycles. The Balaban J connectivity index is 2.00. The Hall–Kier alpha value is -2.45. The third kappa shape index (κ3) is 6.54. The maximum Gasteiger partial charge on any atom is 0.223 e. The second kappa shape index (κ2) is 11.6. The fraction of sp³-hybridized carbons (Fsp3) is 0.600. The lowest BCUT2D eigenvalue weighted by Gasteiger charge is -2.35. The van der Waals surface area contributed by atoms with Gasteiger partial charge in [-0.3, -0.25) is 4.79 Å². The molecule has 1 aliphatic rings. The van der Waals surface area contributed by atoms with E-state index in [1.807, 2.05) is 22.6 Å². The molecule has 0 bridgehead atoms. The highest BCUT2D eigenvalue weighted by molar-refractivity contribution is 5.76. The predicted molar refractivity (Wildman–Crippen MR) is 129 cm³/mol. The summed E-state index contributed by atoms with van der Waals surface area (Å²) in [4.78, 5) is 19.7. The van der Waals surface area contributed by atoms with Crippen LogP contribution in [-0.4, -0.2) is 79.0 Å². The number of ether oxygens (including phenoxy) is 1. The molecule has 33 heavy (non-hydrogen) atoms. The summed E-state index contributed by atoms with van der Waals surface area (Å²) < 4.78 is 21.1. The Bertz CT molecular complexity index is 922. The van der Waals surface area contributed by atoms with Crippen molar-refractivity contribution in [1.82, 2.24) is 19.6 Å². The zero-order valence-electron chi connectivity index (χ0n) is 20.7. The van der Waals surface area contributed by atoms with Crippen LogP contribution >= 0.6 is 0 Å². The number of carbonyl (C=O) groups excluding carboxylic acids is 1. The largest absolute Gasteiger partial charge is 0.385 e. The van der Waals surface area contributed by atoms with E-state index in [2.05, 4.69) is 30.7 Å². The van der Waals surface area contributed by atoms with Crippen LogP contribution in [0.3, 0.4) is 0 Å². The molecule has 0 saturated carbocycles. The van der Waals surface area contributed by atoms with Crippen LogP contribution in [0.25, 0.3) is 5.69 Å². The lowest BCUT2D eigenvalue weighted by Crippen LogP contribution is -2.45. The quantitative estimate of drug-likeness (QED) is 0.509. The molecule has 182 valence electrons. The lowest BCUT2D eigenvalue weighted by molar-refractivity contribution is -0.132. The number of amides is 1. The van der Waals surface area contributed by atoms with Gasteiger partial charge in [-0.05, 0) is 44.5 Å². The summed E-state index contributed by atoms with van der Waals surface area (Å²) in [6.07, 6.45) is 1.29. The minimum Gasteiger partial charge on any atom is -0.385 e. The van der Waals surface area contributed by atoms with Gasteiger partial charge in [0, 0.05) is 58.4 Å². The van der Waals surface area contributed by atoms with Crippen LogP contribution in [0.2, 0.25) is 0 Å². The van der Waals surface area contributed by atoms with E-state index in [0.29, 0.717) is 31.8 Å². The Labute approximate surface area is 197 Å². The zero-order chi connectivity index (χ0) is 24.0. The first-order valence-corrected chi connectivity index (χ1v) is 11.8. The number of likely N-dealkylation sites (N-methyl/N-ethyl adjacent to an activating group) is 1. The van der Waals surface area contributed by atoms with Crippen molar-refractivity contribution in [2.24, 2.45) is 5.92 Å². The molecular weight excluding hydrogens is 421 g/mol. The molecule has 2 aromatic rings. The SMILES string of the molecule is COCCCN(Cc1c(C)nn(-c2cccc(F)c2)c1N1CCN(C)CC1)C(=O)CC(C)C. The summed E-state index contributed by atoms with van der Waals surface area (Å²) in [6.45, 7) is 11.4. The van der Waals surface area contributed by atoms with Crippen LogP contribution in [-0.2, 0) is 16.1 Å².